The molecule has 0 aliphatic heterocycles. The quantitative estimate of drug-likeness (QED) is 0.479. The number of carbonyl (C=O) groups excluding carboxylic acids is 1. The maximum atomic E-state index is 11.7. The molecule has 0 saturated carbocycles. The van der Waals surface area contributed by atoms with Crippen molar-refractivity contribution in [3.8, 4) is 11.5 Å². The van der Waals surface area contributed by atoms with E-state index in [0.717, 1.165) is 17.8 Å². The van der Waals surface area contributed by atoms with E-state index in [1.807, 2.05) is 19.1 Å². The first-order valence-corrected chi connectivity index (χ1v) is 6.95. The van der Waals surface area contributed by atoms with E-state index in [1.54, 1.807) is 12.1 Å². The van der Waals surface area contributed by atoms with Crippen molar-refractivity contribution in [2.45, 2.75) is 6.92 Å². The van der Waals surface area contributed by atoms with Crippen LogP contribution in [0.5, 0.6) is 11.5 Å². The van der Waals surface area contributed by atoms with Gasteiger partial charge in [0.1, 0.15) is 11.5 Å². The van der Waals surface area contributed by atoms with E-state index in [-0.39, 0.29) is 23.6 Å². The fraction of sp³-hybridized carbons (Fsp3) is 0.125. The molecule has 0 bridgehead atoms. The molecule has 0 aliphatic rings. The molecule has 0 atom stereocenters. The summed E-state index contributed by atoms with van der Waals surface area (Å²) in [6.45, 7) is 1.62. The number of non-ortho nitro benzene ring substituents is 1. The van der Waals surface area contributed by atoms with Crippen LogP contribution >= 0.6 is 0 Å². The average Bonchev–Trinajstić information content (AvgIpc) is 2.55. The number of aromatic hydroxyl groups is 1. The molecule has 2 aromatic carbocycles. The van der Waals surface area contributed by atoms with Gasteiger partial charge in [0.05, 0.1) is 11.1 Å². The fourth-order valence-electron chi connectivity index (χ4n) is 1.83. The minimum absolute atomic E-state index is 0.115. The monoisotopic (exact) mass is 329 g/mol. The van der Waals surface area contributed by atoms with Crippen molar-refractivity contribution in [3.05, 3.63) is 63.7 Å². The van der Waals surface area contributed by atoms with Crippen molar-refractivity contribution in [2.24, 2.45) is 5.10 Å². The van der Waals surface area contributed by atoms with Crippen LogP contribution < -0.4 is 10.2 Å². The first-order chi connectivity index (χ1) is 11.5. The summed E-state index contributed by atoms with van der Waals surface area (Å²) in [4.78, 5) is 21.8. The lowest BCUT2D eigenvalue weighted by Crippen LogP contribution is -2.24. The number of para-hydroxylation sites is 1. The number of hydrogen-bond acceptors (Lipinski definition) is 6. The number of rotatable bonds is 6. The van der Waals surface area contributed by atoms with Gasteiger partial charge in [0.2, 0.25) is 0 Å². The van der Waals surface area contributed by atoms with Gasteiger partial charge >= 0.3 is 0 Å². The molecule has 0 aromatic heterocycles. The fourth-order valence-corrected chi connectivity index (χ4v) is 1.83. The summed E-state index contributed by atoms with van der Waals surface area (Å²) in [6.07, 6.45) is 1.12. The number of phenolic OH excluding ortho intramolecular Hbond substituents is 1. The van der Waals surface area contributed by atoms with Crippen LogP contribution in [-0.4, -0.2) is 28.8 Å². The molecule has 24 heavy (non-hydrogen) atoms. The number of nitro benzene ring substituents is 1. The Balaban J connectivity index is 1.92. The van der Waals surface area contributed by atoms with E-state index < -0.39 is 10.8 Å². The second kappa shape index (κ2) is 7.73. The Morgan fingerprint density at radius 3 is 2.83 bits per heavy atom. The van der Waals surface area contributed by atoms with Crippen molar-refractivity contribution in [1.82, 2.24) is 5.43 Å². The first-order valence-electron chi connectivity index (χ1n) is 6.95. The van der Waals surface area contributed by atoms with Gasteiger partial charge in [-0.15, -0.1) is 0 Å². The second-order valence-corrected chi connectivity index (χ2v) is 4.85. The van der Waals surface area contributed by atoms with Crippen LogP contribution in [0.25, 0.3) is 0 Å². The van der Waals surface area contributed by atoms with Crippen molar-refractivity contribution >= 4 is 17.8 Å². The van der Waals surface area contributed by atoms with Crippen LogP contribution in [0.2, 0.25) is 0 Å². The molecule has 124 valence electrons. The molecule has 0 radical (unpaired) electrons. The first kappa shape index (κ1) is 16.9. The van der Waals surface area contributed by atoms with Crippen molar-refractivity contribution in [1.29, 1.82) is 0 Å². The van der Waals surface area contributed by atoms with Crippen molar-refractivity contribution < 1.29 is 19.6 Å². The molecule has 0 fully saturated rings. The molecular weight excluding hydrogens is 314 g/mol. The largest absolute Gasteiger partial charge is 0.507 e. The summed E-state index contributed by atoms with van der Waals surface area (Å²) in [5.41, 5.74) is 3.04. The van der Waals surface area contributed by atoms with Gasteiger partial charge in [-0.1, -0.05) is 18.2 Å². The maximum absolute atomic E-state index is 11.7. The van der Waals surface area contributed by atoms with Gasteiger partial charge in [0, 0.05) is 17.7 Å². The van der Waals surface area contributed by atoms with E-state index in [1.165, 1.54) is 12.1 Å². The van der Waals surface area contributed by atoms with E-state index in [0.29, 0.717) is 5.75 Å². The smallest absolute Gasteiger partial charge is 0.277 e. The van der Waals surface area contributed by atoms with Crippen molar-refractivity contribution in [3.63, 3.8) is 0 Å². The zero-order chi connectivity index (χ0) is 17.5. The van der Waals surface area contributed by atoms with Gasteiger partial charge in [0.15, 0.2) is 6.61 Å². The highest BCUT2D eigenvalue weighted by atomic mass is 16.6. The van der Waals surface area contributed by atoms with E-state index in [2.05, 4.69) is 10.5 Å². The number of nitro groups is 1. The summed E-state index contributed by atoms with van der Waals surface area (Å²) in [5.74, 6) is -0.0952. The normalized spacial score (nSPS) is 10.5. The Morgan fingerprint density at radius 1 is 1.38 bits per heavy atom. The number of ether oxygens (including phenoxy) is 1. The number of carbonyl (C=O) groups is 1. The van der Waals surface area contributed by atoms with Crippen LogP contribution in [0.3, 0.4) is 0 Å². The van der Waals surface area contributed by atoms with Crippen molar-refractivity contribution in [2.75, 3.05) is 6.61 Å². The van der Waals surface area contributed by atoms with Gasteiger partial charge in [0.25, 0.3) is 11.6 Å². The Hall–Kier alpha value is -3.42. The third-order valence-corrected chi connectivity index (χ3v) is 3.07. The third-order valence-electron chi connectivity index (χ3n) is 3.07. The summed E-state index contributed by atoms with van der Waals surface area (Å²) in [6, 6.07) is 10.8. The molecule has 0 aliphatic carbocycles. The number of amides is 1. The van der Waals surface area contributed by atoms with Gasteiger partial charge < -0.3 is 9.84 Å². The zero-order valence-electron chi connectivity index (χ0n) is 12.8. The lowest BCUT2D eigenvalue weighted by molar-refractivity contribution is -0.384. The van der Waals surface area contributed by atoms with Crippen LogP contribution in [0.15, 0.2) is 47.6 Å². The van der Waals surface area contributed by atoms with Crippen LogP contribution in [-0.2, 0) is 4.79 Å². The highest BCUT2D eigenvalue weighted by Gasteiger charge is 2.09. The Bertz CT molecular complexity index is 789. The number of nitrogens with zero attached hydrogens (tertiary/aromatic N) is 2. The maximum Gasteiger partial charge on any atom is 0.277 e. The number of phenols is 1. The highest BCUT2D eigenvalue weighted by Crippen LogP contribution is 2.21. The molecular formula is C16H15N3O5. The lowest BCUT2D eigenvalue weighted by atomic mass is 10.2. The van der Waals surface area contributed by atoms with Crippen LogP contribution in [0.1, 0.15) is 11.1 Å². The Labute approximate surface area is 137 Å². The summed E-state index contributed by atoms with van der Waals surface area (Å²) in [5, 5.41) is 24.0. The summed E-state index contributed by atoms with van der Waals surface area (Å²) >= 11 is 0. The molecule has 2 rings (SSSR count). The molecule has 0 unspecified atom stereocenters. The molecule has 8 heteroatoms. The summed E-state index contributed by atoms with van der Waals surface area (Å²) in [7, 11) is 0. The SMILES string of the molecule is Cc1ccccc1OCC(=O)NN=Cc1cc([N+](=O)[O-])ccc1O. The standard InChI is InChI=1S/C16H15N3O5/c1-11-4-2-3-5-15(11)24-10-16(21)18-17-9-12-8-13(19(22)23)6-7-14(12)20/h2-9,20H,10H2,1H3,(H,18,21). The highest BCUT2D eigenvalue weighted by molar-refractivity contribution is 5.86. The molecule has 2 aromatic rings. The van der Waals surface area contributed by atoms with E-state index in [9.17, 15) is 20.0 Å². The molecule has 0 heterocycles. The average molecular weight is 329 g/mol. The van der Waals surface area contributed by atoms with Crippen LogP contribution in [0, 0.1) is 17.0 Å². The van der Waals surface area contributed by atoms with Gasteiger partial charge in [-0.25, -0.2) is 5.43 Å². The second-order valence-electron chi connectivity index (χ2n) is 4.85. The Morgan fingerprint density at radius 2 is 2.12 bits per heavy atom. The van der Waals surface area contributed by atoms with E-state index in [4.69, 9.17) is 4.74 Å². The van der Waals surface area contributed by atoms with Gasteiger partial charge in [-0.3, -0.25) is 14.9 Å². The lowest BCUT2D eigenvalue weighted by Gasteiger charge is -2.07. The number of benzene rings is 2. The molecule has 2 N–H and O–H groups in total. The number of nitrogens with one attached hydrogen (secondary N) is 1. The molecule has 0 saturated heterocycles. The van der Waals surface area contributed by atoms with Gasteiger partial charge in [-0.2, -0.15) is 5.10 Å². The zero-order valence-corrected chi connectivity index (χ0v) is 12.8. The number of hydrazone groups is 1. The molecule has 1 amide bonds. The Kier molecular flexibility index (Phi) is 5.45. The third kappa shape index (κ3) is 4.54. The molecule has 0 spiro atoms. The van der Waals surface area contributed by atoms with Crippen LogP contribution in [0.4, 0.5) is 5.69 Å². The minimum atomic E-state index is -0.592. The number of hydrogen-bond donors (Lipinski definition) is 2. The molecule has 8 nitrogen and oxygen atoms in total. The van der Waals surface area contributed by atoms with Gasteiger partial charge in [-0.05, 0) is 24.6 Å². The van der Waals surface area contributed by atoms with E-state index >= 15 is 0 Å². The predicted octanol–water partition coefficient (Wildman–Crippen LogP) is 2.14. The summed E-state index contributed by atoms with van der Waals surface area (Å²) < 4.78 is 5.35. The number of aryl methyl sites for hydroxylation is 1. The predicted molar refractivity (Wildman–Crippen MR) is 87.2 cm³/mol. The topological polar surface area (TPSA) is 114 Å². The minimum Gasteiger partial charge on any atom is -0.507 e.